The van der Waals surface area contributed by atoms with Crippen LogP contribution in [0.4, 0.5) is 0 Å². The van der Waals surface area contributed by atoms with Gasteiger partial charge in [-0.05, 0) is 19.9 Å². The van der Waals surface area contributed by atoms with Crippen LogP contribution in [-0.4, -0.2) is 27.8 Å². The number of nitrogens with zero attached hydrogens (tertiary/aromatic N) is 1. The minimum atomic E-state index is -0.570. The van der Waals surface area contributed by atoms with Gasteiger partial charge in [0.05, 0.1) is 23.6 Å². The quantitative estimate of drug-likeness (QED) is 0.864. The van der Waals surface area contributed by atoms with E-state index in [1.807, 2.05) is 0 Å². The molecular weight excluding hydrogens is 258 g/mol. The first-order valence-corrected chi connectivity index (χ1v) is 5.84. The second-order valence-corrected chi connectivity index (χ2v) is 5.33. The van der Waals surface area contributed by atoms with E-state index in [0.29, 0.717) is 12.2 Å². The van der Waals surface area contributed by atoms with Crippen LogP contribution in [-0.2, 0) is 16.2 Å². The Morgan fingerprint density at radius 3 is 2.61 bits per heavy atom. The number of hydrogen-bond donors (Lipinski definition) is 2. The van der Waals surface area contributed by atoms with Crippen LogP contribution in [0.5, 0.6) is 11.5 Å². The standard InChI is InChI=1S/C12H14ClNO4/c1-12(2)6-18-14(11(12)17)5-8-9(13)3-7(15)4-10(8)16/h3-4,15-16H,5-6H2,1-2H3. The molecule has 0 radical (unpaired) electrons. The minimum absolute atomic E-state index is 0.0488. The topological polar surface area (TPSA) is 70.0 Å². The Hall–Kier alpha value is -1.46. The van der Waals surface area contributed by atoms with Crippen LogP contribution in [0.15, 0.2) is 12.1 Å². The van der Waals surface area contributed by atoms with Gasteiger partial charge in [-0.1, -0.05) is 11.6 Å². The maximum atomic E-state index is 11.9. The maximum Gasteiger partial charge on any atom is 0.254 e. The first kappa shape index (κ1) is 13.0. The molecule has 1 aromatic rings. The lowest BCUT2D eigenvalue weighted by Crippen LogP contribution is -2.30. The number of benzene rings is 1. The molecular formula is C12H14ClNO4. The molecule has 0 aromatic heterocycles. The van der Waals surface area contributed by atoms with Crippen LogP contribution in [0.25, 0.3) is 0 Å². The number of aromatic hydroxyl groups is 2. The van der Waals surface area contributed by atoms with Gasteiger partial charge in [-0.3, -0.25) is 9.63 Å². The number of carbonyl (C=O) groups excluding carboxylic acids is 1. The highest BCUT2D eigenvalue weighted by molar-refractivity contribution is 6.31. The highest BCUT2D eigenvalue weighted by Crippen LogP contribution is 2.34. The SMILES string of the molecule is CC1(C)CON(Cc2c(O)cc(O)cc2Cl)C1=O. The second-order valence-electron chi connectivity index (χ2n) is 4.92. The molecule has 0 bridgehead atoms. The van der Waals surface area contributed by atoms with Crippen molar-refractivity contribution in [3.63, 3.8) is 0 Å². The summed E-state index contributed by atoms with van der Waals surface area (Å²) in [5.74, 6) is -0.456. The molecule has 1 heterocycles. The highest BCUT2D eigenvalue weighted by Gasteiger charge is 2.40. The molecule has 0 saturated carbocycles. The van der Waals surface area contributed by atoms with E-state index < -0.39 is 5.41 Å². The number of amides is 1. The van der Waals surface area contributed by atoms with E-state index in [1.165, 1.54) is 17.2 Å². The molecule has 1 aliphatic heterocycles. The van der Waals surface area contributed by atoms with Crippen LogP contribution < -0.4 is 0 Å². The van der Waals surface area contributed by atoms with Gasteiger partial charge >= 0.3 is 0 Å². The Morgan fingerprint density at radius 1 is 1.44 bits per heavy atom. The van der Waals surface area contributed by atoms with Crippen molar-refractivity contribution in [1.29, 1.82) is 0 Å². The van der Waals surface area contributed by atoms with Gasteiger partial charge < -0.3 is 10.2 Å². The van der Waals surface area contributed by atoms with E-state index in [-0.39, 0.29) is 29.0 Å². The molecule has 1 fully saturated rings. The lowest BCUT2D eigenvalue weighted by Gasteiger charge is -2.18. The zero-order valence-electron chi connectivity index (χ0n) is 10.1. The summed E-state index contributed by atoms with van der Waals surface area (Å²) < 4.78 is 0. The minimum Gasteiger partial charge on any atom is -0.508 e. The van der Waals surface area contributed by atoms with Gasteiger partial charge in [-0.25, -0.2) is 5.06 Å². The molecule has 5 nitrogen and oxygen atoms in total. The van der Waals surface area contributed by atoms with Crippen molar-refractivity contribution < 1.29 is 19.8 Å². The summed E-state index contributed by atoms with van der Waals surface area (Å²) in [4.78, 5) is 17.2. The van der Waals surface area contributed by atoms with Crippen molar-refractivity contribution in [1.82, 2.24) is 5.06 Å². The van der Waals surface area contributed by atoms with Crippen LogP contribution >= 0.6 is 11.6 Å². The first-order chi connectivity index (χ1) is 8.31. The summed E-state index contributed by atoms with van der Waals surface area (Å²) in [6.45, 7) is 3.91. The Morgan fingerprint density at radius 2 is 2.11 bits per heavy atom. The van der Waals surface area contributed by atoms with E-state index in [1.54, 1.807) is 13.8 Å². The predicted octanol–water partition coefficient (Wildman–Crippen LogP) is 2.05. The normalized spacial score (nSPS) is 18.4. The van der Waals surface area contributed by atoms with Crippen LogP contribution in [0.1, 0.15) is 19.4 Å². The number of carbonyl (C=O) groups is 1. The third-order valence-electron chi connectivity index (χ3n) is 2.85. The van der Waals surface area contributed by atoms with Crippen molar-refractivity contribution in [2.45, 2.75) is 20.4 Å². The van der Waals surface area contributed by atoms with Gasteiger partial charge in [-0.2, -0.15) is 0 Å². The smallest absolute Gasteiger partial charge is 0.254 e. The average Bonchev–Trinajstić information content (AvgIpc) is 2.49. The average molecular weight is 272 g/mol. The van der Waals surface area contributed by atoms with Crippen molar-refractivity contribution in [2.24, 2.45) is 5.41 Å². The second kappa shape index (κ2) is 4.33. The fourth-order valence-corrected chi connectivity index (χ4v) is 1.99. The summed E-state index contributed by atoms with van der Waals surface area (Å²) in [6.07, 6.45) is 0. The Balaban J connectivity index is 2.24. The molecule has 0 spiro atoms. The Kier molecular flexibility index (Phi) is 3.12. The first-order valence-electron chi connectivity index (χ1n) is 5.46. The summed E-state index contributed by atoms with van der Waals surface area (Å²) in [6, 6.07) is 2.48. The number of hydrogen-bond acceptors (Lipinski definition) is 4. The van der Waals surface area contributed by atoms with Gasteiger partial charge in [-0.15, -0.1) is 0 Å². The molecule has 0 atom stereocenters. The molecule has 1 saturated heterocycles. The molecule has 1 aromatic carbocycles. The van der Waals surface area contributed by atoms with Crippen LogP contribution in [0.2, 0.25) is 5.02 Å². The lowest BCUT2D eigenvalue weighted by atomic mass is 9.95. The van der Waals surface area contributed by atoms with Crippen molar-refractivity contribution in [2.75, 3.05) is 6.61 Å². The van der Waals surface area contributed by atoms with Crippen molar-refractivity contribution in [3.05, 3.63) is 22.7 Å². The fraction of sp³-hybridized carbons (Fsp3) is 0.417. The van der Waals surface area contributed by atoms with E-state index in [9.17, 15) is 15.0 Å². The highest BCUT2D eigenvalue weighted by atomic mass is 35.5. The molecule has 0 unspecified atom stereocenters. The zero-order chi connectivity index (χ0) is 13.5. The molecule has 2 N–H and O–H groups in total. The number of rotatable bonds is 2. The monoisotopic (exact) mass is 271 g/mol. The molecule has 6 heteroatoms. The third kappa shape index (κ3) is 2.23. The molecule has 1 amide bonds. The fourth-order valence-electron chi connectivity index (χ4n) is 1.72. The summed E-state index contributed by atoms with van der Waals surface area (Å²) in [5.41, 5.74) is -0.223. The van der Waals surface area contributed by atoms with E-state index in [4.69, 9.17) is 16.4 Å². The molecule has 2 rings (SSSR count). The van der Waals surface area contributed by atoms with E-state index in [0.717, 1.165) is 0 Å². The summed E-state index contributed by atoms with van der Waals surface area (Å²) in [5, 5.41) is 20.3. The third-order valence-corrected chi connectivity index (χ3v) is 3.18. The van der Waals surface area contributed by atoms with E-state index >= 15 is 0 Å². The molecule has 18 heavy (non-hydrogen) atoms. The number of phenols is 2. The summed E-state index contributed by atoms with van der Waals surface area (Å²) >= 11 is 5.92. The van der Waals surface area contributed by atoms with Gasteiger partial charge in [0, 0.05) is 11.6 Å². The molecule has 1 aliphatic rings. The predicted molar refractivity (Wildman–Crippen MR) is 65.1 cm³/mol. The van der Waals surface area contributed by atoms with Gasteiger partial charge in [0.1, 0.15) is 11.5 Å². The number of halogens is 1. The van der Waals surface area contributed by atoms with Crippen molar-refractivity contribution >= 4 is 17.5 Å². The lowest BCUT2D eigenvalue weighted by molar-refractivity contribution is -0.165. The summed E-state index contributed by atoms with van der Waals surface area (Å²) in [7, 11) is 0. The number of phenolic OH excluding ortho intramolecular Hbond substituents is 2. The molecule has 98 valence electrons. The maximum absolute atomic E-state index is 11.9. The van der Waals surface area contributed by atoms with Crippen molar-refractivity contribution in [3.8, 4) is 11.5 Å². The molecule has 0 aliphatic carbocycles. The Bertz CT molecular complexity index is 478. The number of hydroxylamine groups is 2. The largest absolute Gasteiger partial charge is 0.508 e. The van der Waals surface area contributed by atoms with Crippen LogP contribution in [0.3, 0.4) is 0 Å². The van der Waals surface area contributed by atoms with Crippen LogP contribution in [0, 0.1) is 5.41 Å². The van der Waals surface area contributed by atoms with Gasteiger partial charge in [0.2, 0.25) is 0 Å². The zero-order valence-corrected chi connectivity index (χ0v) is 10.9. The Labute approximate surface area is 109 Å². The van der Waals surface area contributed by atoms with Gasteiger partial charge in [0.25, 0.3) is 5.91 Å². The van der Waals surface area contributed by atoms with Gasteiger partial charge in [0.15, 0.2) is 0 Å². The van der Waals surface area contributed by atoms with E-state index in [2.05, 4.69) is 0 Å².